The number of nitrogens with zero attached hydrogens (tertiary/aromatic N) is 2. The van der Waals surface area contributed by atoms with Gasteiger partial charge in [-0.2, -0.15) is 0 Å². The first-order valence-corrected chi connectivity index (χ1v) is 16.4. The van der Waals surface area contributed by atoms with Crippen molar-refractivity contribution in [3.05, 3.63) is 83.2 Å². The fraction of sp³-hybridized carbons (Fsp3) is 0.605. The SMILES string of the molecule is C=C(C/C=C\C(=C/C)CC1C2C=CC(C)=CC2CCN1C1=CC=C(C)CC1)CCN1CCCCC1.CC.CC(C)=O.[HH]. The van der Waals surface area contributed by atoms with Crippen LogP contribution in [0, 0.1) is 11.8 Å². The molecule has 41 heavy (non-hydrogen) atoms. The van der Waals surface area contributed by atoms with Crippen LogP contribution in [0.25, 0.3) is 0 Å². The molecule has 0 amide bonds. The minimum atomic E-state index is 0. The Kier molecular flexibility index (Phi) is 16.1. The molecule has 4 aliphatic rings. The van der Waals surface area contributed by atoms with E-state index in [1.165, 1.54) is 101 Å². The molecule has 3 heteroatoms. The summed E-state index contributed by atoms with van der Waals surface area (Å²) in [6, 6.07) is 0.533. The van der Waals surface area contributed by atoms with E-state index in [2.05, 4.69) is 85.8 Å². The lowest BCUT2D eigenvalue weighted by Gasteiger charge is -2.48. The second-order valence-electron chi connectivity index (χ2n) is 12.2. The molecule has 3 nitrogen and oxygen atoms in total. The maximum absolute atomic E-state index is 9.44. The number of carbonyl (C=O) groups is 1. The van der Waals surface area contributed by atoms with Crippen molar-refractivity contribution in [2.24, 2.45) is 11.8 Å². The number of likely N-dealkylation sites (tertiary alicyclic amines) is 2. The van der Waals surface area contributed by atoms with Gasteiger partial charge >= 0.3 is 0 Å². The highest BCUT2D eigenvalue weighted by Crippen LogP contribution is 2.40. The molecular weight excluding hydrogens is 500 g/mol. The van der Waals surface area contributed by atoms with Gasteiger partial charge in [0.15, 0.2) is 0 Å². The van der Waals surface area contributed by atoms with E-state index in [0.717, 1.165) is 19.3 Å². The zero-order valence-corrected chi connectivity index (χ0v) is 27.6. The second kappa shape index (κ2) is 18.9. The molecule has 2 saturated heterocycles. The number of piperidine rings is 2. The molecule has 0 aromatic heterocycles. The fourth-order valence-corrected chi connectivity index (χ4v) is 6.34. The van der Waals surface area contributed by atoms with Crippen LogP contribution in [0.1, 0.15) is 108 Å². The molecule has 0 aromatic rings. The van der Waals surface area contributed by atoms with Crippen molar-refractivity contribution < 1.29 is 6.22 Å². The number of hydrogen-bond acceptors (Lipinski definition) is 3. The van der Waals surface area contributed by atoms with Gasteiger partial charge < -0.3 is 14.6 Å². The van der Waals surface area contributed by atoms with Gasteiger partial charge in [-0.15, -0.1) is 0 Å². The highest BCUT2D eigenvalue weighted by Gasteiger charge is 2.37. The van der Waals surface area contributed by atoms with Gasteiger partial charge in [-0.1, -0.05) is 91.7 Å². The van der Waals surface area contributed by atoms with E-state index >= 15 is 0 Å². The molecule has 3 unspecified atom stereocenters. The monoisotopic (exact) mass is 562 g/mol. The van der Waals surface area contributed by atoms with Crippen LogP contribution in [0.4, 0.5) is 0 Å². The Balaban J connectivity index is 0.00000116. The Hall–Kier alpha value is -2.39. The highest BCUT2D eigenvalue weighted by molar-refractivity contribution is 5.72. The number of ketones is 1. The molecule has 2 fully saturated rings. The van der Waals surface area contributed by atoms with Gasteiger partial charge in [0.05, 0.1) is 0 Å². The van der Waals surface area contributed by atoms with Crippen molar-refractivity contribution in [2.75, 3.05) is 26.2 Å². The lowest BCUT2D eigenvalue weighted by atomic mass is 9.73. The third kappa shape index (κ3) is 12.2. The normalized spacial score (nSPS) is 24.7. The highest BCUT2D eigenvalue weighted by atomic mass is 16.1. The summed E-state index contributed by atoms with van der Waals surface area (Å²) in [6.07, 6.45) is 30.3. The topological polar surface area (TPSA) is 23.6 Å². The minimum absolute atomic E-state index is 0. The molecule has 4 rings (SSSR count). The summed E-state index contributed by atoms with van der Waals surface area (Å²) in [7, 11) is 0. The molecular formula is C38H62N2O. The van der Waals surface area contributed by atoms with Crippen LogP contribution in [0.5, 0.6) is 0 Å². The van der Waals surface area contributed by atoms with E-state index < -0.39 is 0 Å². The Morgan fingerprint density at radius 2 is 1.78 bits per heavy atom. The number of rotatable bonds is 9. The molecule has 0 radical (unpaired) electrons. The number of fused-ring (bicyclic) bond motifs is 1. The number of hydrogen-bond donors (Lipinski definition) is 0. The van der Waals surface area contributed by atoms with Crippen LogP contribution in [0.2, 0.25) is 0 Å². The lowest BCUT2D eigenvalue weighted by molar-refractivity contribution is -0.114. The zero-order chi connectivity index (χ0) is 30.2. The van der Waals surface area contributed by atoms with Crippen LogP contribution in [0.15, 0.2) is 83.2 Å². The van der Waals surface area contributed by atoms with E-state index in [-0.39, 0.29) is 7.21 Å². The maximum Gasteiger partial charge on any atom is 0.126 e. The molecule has 2 aliphatic carbocycles. The lowest BCUT2D eigenvalue weighted by Crippen LogP contribution is -2.48. The minimum Gasteiger partial charge on any atom is -0.371 e. The van der Waals surface area contributed by atoms with Gasteiger partial charge in [0, 0.05) is 32.2 Å². The average molecular weight is 563 g/mol. The Morgan fingerprint density at radius 1 is 1.07 bits per heavy atom. The van der Waals surface area contributed by atoms with E-state index in [1.54, 1.807) is 5.70 Å². The molecule has 230 valence electrons. The summed E-state index contributed by atoms with van der Waals surface area (Å²) < 4.78 is 0. The van der Waals surface area contributed by atoms with Crippen LogP contribution < -0.4 is 0 Å². The molecule has 2 aliphatic heterocycles. The largest absolute Gasteiger partial charge is 0.371 e. The summed E-state index contributed by atoms with van der Waals surface area (Å²) >= 11 is 0. The number of allylic oxidation sites excluding steroid dienone is 10. The van der Waals surface area contributed by atoms with Crippen LogP contribution in [0.3, 0.4) is 0 Å². The predicted molar refractivity (Wildman–Crippen MR) is 182 cm³/mol. The maximum atomic E-state index is 9.44. The zero-order valence-electron chi connectivity index (χ0n) is 27.6. The van der Waals surface area contributed by atoms with Gasteiger partial charge in [0.25, 0.3) is 0 Å². The van der Waals surface area contributed by atoms with Gasteiger partial charge in [-0.3, -0.25) is 0 Å². The summed E-state index contributed by atoms with van der Waals surface area (Å²) in [5, 5.41) is 0. The van der Waals surface area contributed by atoms with Crippen LogP contribution >= 0.6 is 0 Å². The van der Waals surface area contributed by atoms with E-state index in [9.17, 15) is 4.79 Å². The van der Waals surface area contributed by atoms with Crippen molar-refractivity contribution in [1.29, 1.82) is 0 Å². The van der Waals surface area contributed by atoms with Crippen molar-refractivity contribution in [3.8, 4) is 0 Å². The fourth-order valence-electron chi connectivity index (χ4n) is 6.34. The van der Waals surface area contributed by atoms with Gasteiger partial charge in [-0.25, -0.2) is 0 Å². The molecule has 0 aromatic carbocycles. The predicted octanol–water partition coefficient (Wildman–Crippen LogP) is 10.0. The summed E-state index contributed by atoms with van der Waals surface area (Å²) in [4.78, 5) is 14.8. The van der Waals surface area contributed by atoms with Gasteiger partial charge in [0.2, 0.25) is 0 Å². The van der Waals surface area contributed by atoms with Gasteiger partial charge in [-0.05, 0) is 111 Å². The summed E-state index contributed by atoms with van der Waals surface area (Å²) in [5.74, 6) is 1.45. The average Bonchev–Trinajstić information content (AvgIpc) is 2.97. The van der Waals surface area contributed by atoms with E-state index in [0.29, 0.717) is 17.9 Å². The molecule has 0 saturated carbocycles. The Morgan fingerprint density at radius 3 is 2.41 bits per heavy atom. The Labute approximate surface area is 255 Å². The number of carbonyl (C=O) groups excluding carboxylic acids is 1. The molecule has 2 heterocycles. The van der Waals surface area contributed by atoms with Crippen molar-refractivity contribution in [1.82, 2.24) is 9.80 Å². The number of Topliss-reactive ketones (excluding diaryl/α,β-unsaturated/α-hetero) is 1. The van der Waals surface area contributed by atoms with Crippen molar-refractivity contribution in [2.45, 2.75) is 112 Å². The molecule has 0 spiro atoms. The van der Waals surface area contributed by atoms with Crippen LogP contribution in [-0.2, 0) is 4.79 Å². The van der Waals surface area contributed by atoms with Gasteiger partial charge in [0.1, 0.15) is 5.78 Å². The van der Waals surface area contributed by atoms with E-state index in [1.807, 2.05) is 13.8 Å². The first-order chi connectivity index (χ1) is 19.8. The first-order valence-electron chi connectivity index (χ1n) is 16.4. The molecule has 3 atom stereocenters. The molecule has 0 N–H and O–H groups in total. The van der Waals surface area contributed by atoms with Crippen molar-refractivity contribution >= 4 is 5.78 Å². The summed E-state index contributed by atoms with van der Waals surface area (Å²) in [6.45, 7) is 23.1. The third-order valence-corrected chi connectivity index (χ3v) is 8.59. The van der Waals surface area contributed by atoms with E-state index in [4.69, 9.17) is 0 Å². The Bertz CT molecular complexity index is 1020. The molecule has 0 bridgehead atoms. The van der Waals surface area contributed by atoms with Crippen molar-refractivity contribution in [3.63, 3.8) is 0 Å². The second-order valence-corrected chi connectivity index (χ2v) is 12.2. The standard InChI is InChI=1S/C33H48N2.C3H6O.C2H6.H2/c1-5-29(11-9-10-26(2)18-22-34-20-7-6-8-21-34)25-33-32-17-14-28(4)24-30(32)19-23-35(33)31-15-12-27(3)13-16-31;1-3(2)4;1-2;/h5,9,11-12,14-15,17,24,30,32-33H,2,6-8,10,13,16,18-23,25H2,1,3-4H3;1-2H3;1-2H3;1H/b11-9-,29-5+;;;. The quantitative estimate of drug-likeness (QED) is 0.206. The third-order valence-electron chi connectivity index (χ3n) is 8.59. The first kappa shape index (κ1) is 34.8. The smallest absolute Gasteiger partial charge is 0.126 e. The van der Waals surface area contributed by atoms with Crippen LogP contribution in [-0.4, -0.2) is 47.8 Å². The summed E-state index contributed by atoms with van der Waals surface area (Å²) in [5.41, 5.74) is 7.32.